The average Bonchev–Trinajstić information content (AvgIpc) is 2.59. The molecule has 1 N–H and O–H groups in total. The van der Waals surface area contributed by atoms with Gasteiger partial charge in [0, 0.05) is 17.6 Å². The summed E-state index contributed by atoms with van der Waals surface area (Å²) >= 11 is 3.49. The van der Waals surface area contributed by atoms with Crippen LogP contribution in [0.15, 0.2) is 53.0 Å². The number of carbonyl (C=O) groups is 2. The van der Waals surface area contributed by atoms with Crippen LogP contribution in [-0.4, -0.2) is 23.3 Å². The van der Waals surface area contributed by atoms with E-state index in [-0.39, 0.29) is 11.8 Å². The van der Waals surface area contributed by atoms with Gasteiger partial charge in [-0.1, -0.05) is 58.4 Å². The van der Waals surface area contributed by atoms with E-state index < -0.39 is 6.04 Å². The second-order valence-electron chi connectivity index (χ2n) is 5.77. The van der Waals surface area contributed by atoms with Gasteiger partial charge in [-0.05, 0) is 29.7 Å². The Morgan fingerprint density at radius 2 is 1.92 bits per heavy atom. The van der Waals surface area contributed by atoms with Crippen molar-refractivity contribution in [1.82, 2.24) is 10.2 Å². The molecule has 2 aromatic rings. The molecule has 4 nitrogen and oxygen atoms in total. The monoisotopic (exact) mass is 386 g/mol. The molecule has 0 unspecified atom stereocenters. The maximum atomic E-state index is 12.8. The molecule has 3 rings (SSSR count). The van der Waals surface area contributed by atoms with Gasteiger partial charge in [0.2, 0.25) is 11.8 Å². The normalized spacial score (nSPS) is 16.7. The SMILES string of the molecule is CCN1C(=O)Cc2ccccc2[C@H]1C(=O)NCc1ccccc1Br. The van der Waals surface area contributed by atoms with Gasteiger partial charge in [0.15, 0.2) is 0 Å². The summed E-state index contributed by atoms with van der Waals surface area (Å²) in [5, 5.41) is 2.97. The Bertz CT molecular complexity index is 775. The van der Waals surface area contributed by atoms with E-state index in [2.05, 4.69) is 21.2 Å². The molecule has 1 aliphatic heterocycles. The number of nitrogens with zero attached hydrogens (tertiary/aromatic N) is 1. The summed E-state index contributed by atoms with van der Waals surface area (Å²) in [6.45, 7) is 2.84. The summed E-state index contributed by atoms with van der Waals surface area (Å²) < 4.78 is 0.956. The first-order valence-electron chi connectivity index (χ1n) is 8.00. The molecule has 0 fully saturated rings. The molecule has 0 saturated carbocycles. The summed E-state index contributed by atoms with van der Waals surface area (Å²) in [5.74, 6) is -0.148. The third-order valence-electron chi connectivity index (χ3n) is 4.32. The van der Waals surface area contributed by atoms with E-state index in [9.17, 15) is 9.59 Å². The van der Waals surface area contributed by atoms with Crippen molar-refractivity contribution in [2.75, 3.05) is 6.54 Å². The van der Waals surface area contributed by atoms with Crippen LogP contribution in [0.4, 0.5) is 0 Å². The van der Waals surface area contributed by atoms with Crippen molar-refractivity contribution < 1.29 is 9.59 Å². The zero-order valence-electron chi connectivity index (χ0n) is 13.5. The van der Waals surface area contributed by atoms with Crippen molar-refractivity contribution in [1.29, 1.82) is 0 Å². The summed E-state index contributed by atoms with van der Waals surface area (Å²) in [6, 6.07) is 14.9. The fourth-order valence-corrected chi connectivity index (χ4v) is 3.53. The number of hydrogen-bond donors (Lipinski definition) is 1. The van der Waals surface area contributed by atoms with E-state index >= 15 is 0 Å². The van der Waals surface area contributed by atoms with Crippen molar-refractivity contribution in [2.45, 2.75) is 25.9 Å². The smallest absolute Gasteiger partial charge is 0.247 e. The summed E-state index contributed by atoms with van der Waals surface area (Å²) in [6.07, 6.45) is 0.359. The molecule has 0 aromatic heterocycles. The highest BCUT2D eigenvalue weighted by Crippen LogP contribution is 2.30. The van der Waals surface area contributed by atoms with Gasteiger partial charge in [-0.2, -0.15) is 0 Å². The first-order valence-corrected chi connectivity index (χ1v) is 8.79. The molecule has 0 bridgehead atoms. The minimum Gasteiger partial charge on any atom is -0.350 e. The molecule has 0 radical (unpaired) electrons. The van der Waals surface area contributed by atoms with E-state index in [1.165, 1.54) is 0 Å². The van der Waals surface area contributed by atoms with Gasteiger partial charge >= 0.3 is 0 Å². The molecular formula is C19H19BrN2O2. The van der Waals surface area contributed by atoms with Crippen LogP contribution in [0.1, 0.15) is 29.7 Å². The van der Waals surface area contributed by atoms with Crippen LogP contribution in [-0.2, 0) is 22.6 Å². The third kappa shape index (κ3) is 3.22. The molecule has 1 aliphatic rings. The molecule has 1 atom stereocenters. The van der Waals surface area contributed by atoms with Gasteiger partial charge in [-0.3, -0.25) is 9.59 Å². The van der Waals surface area contributed by atoms with Crippen LogP contribution >= 0.6 is 15.9 Å². The number of carbonyl (C=O) groups excluding carboxylic acids is 2. The third-order valence-corrected chi connectivity index (χ3v) is 5.10. The number of rotatable bonds is 4. The number of nitrogens with one attached hydrogen (secondary N) is 1. The number of amides is 2. The topological polar surface area (TPSA) is 49.4 Å². The Labute approximate surface area is 150 Å². The molecule has 5 heteroatoms. The zero-order valence-corrected chi connectivity index (χ0v) is 15.0. The zero-order chi connectivity index (χ0) is 17.1. The van der Waals surface area contributed by atoms with Gasteiger partial charge in [0.05, 0.1) is 6.42 Å². The lowest BCUT2D eigenvalue weighted by Gasteiger charge is -2.35. The van der Waals surface area contributed by atoms with Gasteiger partial charge in [-0.25, -0.2) is 0 Å². The largest absolute Gasteiger partial charge is 0.350 e. The standard InChI is InChI=1S/C19H19BrN2O2/c1-2-22-17(23)11-13-7-3-5-9-15(13)18(22)19(24)21-12-14-8-4-6-10-16(14)20/h3-10,18H,2,11-12H2,1H3,(H,21,24)/t18-/m0/s1. The first kappa shape index (κ1) is 16.7. The molecule has 2 amide bonds. The van der Waals surface area contributed by atoms with E-state index in [1.807, 2.05) is 55.5 Å². The molecule has 124 valence electrons. The lowest BCUT2D eigenvalue weighted by Crippen LogP contribution is -2.47. The van der Waals surface area contributed by atoms with Gasteiger partial charge < -0.3 is 10.2 Å². The van der Waals surface area contributed by atoms with Crippen LogP contribution in [0, 0.1) is 0 Å². The number of benzene rings is 2. The average molecular weight is 387 g/mol. The van der Waals surface area contributed by atoms with Gasteiger partial charge in [0.1, 0.15) is 6.04 Å². The van der Waals surface area contributed by atoms with Gasteiger partial charge in [0.25, 0.3) is 0 Å². The highest BCUT2D eigenvalue weighted by Gasteiger charge is 2.35. The molecule has 0 spiro atoms. The number of fused-ring (bicyclic) bond motifs is 1. The van der Waals surface area contributed by atoms with E-state index in [1.54, 1.807) is 4.90 Å². The molecule has 2 aromatic carbocycles. The van der Waals surface area contributed by atoms with Crippen molar-refractivity contribution in [3.63, 3.8) is 0 Å². The second kappa shape index (κ2) is 7.18. The highest BCUT2D eigenvalue weighted by atomic mass is 79.9. The number of hydrogen-bond acceptors (Lipinski definition) is 2. The summed E-state index contributed by atoms with van der Waals surface area (Å²) in [4.78, 5) is 26.9. The predicted octanol–water partition coefficient (Wildman–Crippen LogP) is 3.21. The molecule has 0 aliphatic carbocycles. The van der Waals surface area contributed by atoms with Crippen molar-refractivity contribution >= 4 is 27.7 Å². The summed E-state index contributed by atoms with van der Waals surface area (Å²) in [5.41, 5.74) is 2.86. The van der Waals surface area contributed by atoms with Gasteiger partial charge in [-0.15, -0.1) is 0 Å². The van der Waals surface area contributed by atoms with Crippen LogP contribution in [0.5, 0.6) is 0 Å². The van der Waals surface area contributed by atoms with E-state index in [0.717, 1.165) is 21.2 Å². The first-order chi connectivity index (χ1) is 11.6. The highest BCUT2D eigenvalue weighted by molar-refractivity contribution is 9.10. The van der Waals surface area contributed by atoms with Crippen LogP contribution in [0.2, 0.25) is 0 Å². The Morgan fingerprint density at radius 3 is 2.67 bits per heavy atom. The lowest BCUT2D eigenvalue weighted by molar-refractivity contribution is -0.141. The molecular weight excluding hydrogens is 368 g/mol. The number of halogens is 1. The minimum atomic E-state index is -0.560. The minimum absolute atomic E-state index is 0.00255. The Kier molecular flexibility index (Phi) is 5.00. The Morgan fingerprint density at radius 1 is 1.21 bits per heavy atom. The lowest BCUT2D eigenvalue weighted by atomic mass is 9.91. The maximum Gasteiger partial charge on any atom is 0.247 e. The van der Waals surface area contributed by atoms with Crippen molar-refractivity contribution in [3.05, 3.63) is 69.7 Å². The Hall–Kier alpha value is -2.14. The molecule has 1 heterocycles. The van der Waals surface area contributed by atoms with Crippen LogP contribution < -0.4 is 5.32 Å². The van der Waals surface area contributed by atoms with Crippen molar-refractivity contribution in [2.24, 2.45) is 0 Å². The molecule has 24 heavy (non-hydrogen) atoms. The van der Waals surface area contributed by atoms with Crippen molar-refractivity contribution in [3.8, 4) is 0 Å². The van der Waals surface area contributed by atoms with E-state index in [0.29, 0.717) is 19.5 Å². The molecule has 0 saturated heterocycles. The Balaban J connectivity index is 1.84. The number of likely N-dealkylation sites (N-methyl/N-ethyl adjacent to an activating group) is 1. The quantitative estimate of drug-likeness (QED) is 0.876. The fraction of sp³-hybridized carbons (Fsp3) is 0.263. The van der Waals surface area contributed by atoms with Crippen LogP contribution in [0.25, 0.3) is 0 Å². The second-order valence-corrected chi connectivity index (χ2v) is 6.62. The summed E-state index contributed by atoms with van der Waals surface area (Å²) in [7, 11) is 0. The van der Waals surface area contributed by atoms with Crippen LogP contribution in [0.3, 0.4) is 0 Å². The fourth-order valence-electron chi connectivity index (χ4n) is 3.10. The van der Waals surface area contributed by atoms with E-state index in [4.69, 9.17) is 0 Å². The predicted molar refractivity (Wildman–Crippen MR) is 96.3 cm³/mol. The maximum absolute atomic E-state index is 12.8.